The molecule has 0 saturated heterocycles. The highest BCUT2D eigenvalue weighted by atomic mass is 79.9. The number of sulfonamides is 1. The van der Waals surface area contributed by atoms with Gasteiger partial charge in [0, 0.05) is 4.47 Å². The van der Waals surface area contributed by atoms with Crippen LogP contribution in [0.1, 0.15) is 5.56 Å². The first kappa shape index (κ1) is 14.8. The van der Waals surface area contributed by atoms with E-state index in [0.717, 1.165) is 11.6 Å². The van der Waals surface area contributed by atoms with E-state index in [4.69, 9.17) is 5.73 Å². The van der Waals surface area contributed by atoms with E-state index < -0.39 is 15.8 Å². The van der Waals surface area contributed by atoms with Gasteiger partial charge in [0.25, 0.3) is 10.0 Å². The summed E-state index contributed by atoms with van der Waals surface area (Å²) in [6.07, 6.45) is 0. The zero-order valence-electron chi connectivity index (χ0n) is 10.5. The molecule has 0 spiro atoms. The number of hydrogen-bond acceptors (Lipinski definition) is 3. The lowest BCUT2D eigenvalue weighted by Crippen LogP contribution is -2.14. The molecule has 0 aliphatic carbocycles. The Morgan fingerprint density at radius 1 is 1.20 bits per heavy atom. The smallest absolute Gasteiger partial charge is 0.262 e. The van der Waals surface area contributed by atoms with E-state index in [1.165, 1.54) is 12.1 Å². The molecular weight excluding hydrogens is 347 g/mol. The zero-order valence-corrected chi connectivity index (χ0v) is 12.9. The highest BCUT2D eigenvalue weighted by Crippen LogP contribution is 2.26. The highest BCUT2D eigenvalue weighted by molar-refractivity contribution is 9.10. The number of benzene rings is 2. The third-order valence-corrected chi connectivity index (χ3v) is 4.70. The molecule has 106 valence electrons. The normalized spacial score (nSPS) is 11.3. The van der Waals surface area contributed by atoms with E-state index in [2.05, 4.69) is 20.7 Å². The van der Waals surface area contributed by atoms with Gasteiger partial charge in [-0.3, -0.25) is 4.72 Å². The number of nitrogens with two attached hydrogens (primary N) is 1. The third kappa shape index (κ3) is 3.10. The molecule has 0 unspecified atom stereocenters. The Kier molecular flexibility index (Phi) is 4.01. The van der Waals surface area contributed by atoms with Crippen LogP contribution in [0, 0.1) is 12.7 Å². The van der Waals surface area contributed by atoms with Crippen LogP contribution in [0.4, 0.5) is 15.8 Å². The molecule has 0 bridgehead atoms. The van der Waals surface area contributed by atoms with Crippen molar-refractivity contribution in [3.63, 3.8) is 0 Å². The molecule has 0 heterocycles. The first-order valence-electron chi connectivity index (χ1n) is 5.63. The van der Waals surface area contributed by atoms with Gasteiger partial charge in [0.05, 0.1) is 16.3 Å². The van der Waals surface area contributed by atoms with Gasteiger partial charge in [-0.25, -0.2) is 12.8 Å². The minimum Gasteiger partial charge on any atom is -0.396 e. The van der Waals surface area contributed by atoms with Crippen LogP contribution in [0.5, 0.6) is 0 Å². The largest absolute Gasteiger partial charge is 0.396 e. The molecular formula is C13H12BrFN2O2S. The minimum absolute atomic E-state index is 0.0966. The molecule has 2 rings (SSSR count). The lowest BCUT2D eigenvalue weighted by Gasteiger charge is -2.11. The molecule has 2 aromatic rings. The van der Waals surface area contributed by atoms with E-state index in [1.54, 1.807) is 12.1 Å². The number of nitrogens with one attached hydrogen (secondary N) is 1. The second-order valence-corrected chi connectivity index (χ2v) is 6.81. The average molecular weight is 359 g/mol. The predicted molar refractivity (Wildman–Crippen MR) is 80.5 cm³/mol. The van der Waals surface area contributed by atoms with Crippen LogP contribution in [-0.2, 0) is 10.0 Å². The molecule has 0 aliphatic rings. The number of aryl methyl sites for hydroxylation is 1. The summed E-state index contributed by atoms with van der Waals surface area (Å²) in [5.74, 6) is -0.767. The molecule has 0 amide bonds. The molecule has 0 fully saturated rings. The fourth-order valence-electron chi connectivity index (χ4n) is 1.60. The van der Waals surface area contributed by atoms with Crippen molar-refractivity contribution < 1.29 is 12.8 Å². The van der Waals surface area contributed by atoms with Crippen LogP contribution in [-0.4, -0.2) is 8.42 Å². The minimum atomic E-state index is -3.87. The molecule has 0 aliphatic heterocycles. The molecule has 2 aromatic carbocycles. The Bertz CT molecular complexity index is 763. The predicted octanol–water partition coefficient (Wildman–Crippen LogP) is 3.28. The van der Waals surface area contributed by atoms with Gasteiger partial charge in [-0.2, -0.15) is 0 Å². The Morgan fingerprint density at radius 3 is 2.55 bits per heavy atom. The summed E-state index contributed by atoms with van der Waals surface area (Å²) >= 11 is 3.26. The van der Waals surface area contributed by atoms with Crippen molar-refractivity contribution >= 4 is 37.3 Å². The molecule has 0 atom stereocenters. The number of anilines is 2. The van der Waals surface area contributed by atoms with Crippen LogP contribution in [0.3, 0.4) is 0 Å². The summed E-state index contributed by atoms with van der Waals surface area (Å²) in [6, 6.07) is 8.61. The summed E-state index contributed by atoms with van der Waals surface area (Å²) in [6.45, 7) is 1.84. The zero-order chi connectivity index (χ0) is 14.9. The second kappa shape index (κ2) is 5.41. The fraction of sp³-hybridized carbons (Fsp3) is 0.0769. The van der Waals surface area contributed by atoms with Crippen LogP contribution in [0.25, 0.3) is 0 Å². The Balaban J connectivity index is 2.40. The molecule has 20 heavy (non-hydrogen) atoms. The Labute approximate surface area is 125 Å². The van der Waals surface area contributed by atoms with E-state index >= 15 is 0 Å². The molecule has 3 N–H and O–H groups in total. The molecule has 0 radical (unpaired) electrons. The van der Waals surface area contributed by atoms with Crippen molar-refractivity contribution in [2.75, 3.05) is 10.5 Å². The summed E-state index contributed by atoms with van der Waals surface area (Å²) < 4.78 is 40.8. The molecule has 7 heteroatoms. The molecule has 4 nitrogen and oxygen atoms in total. The van der Waals surface area contributed by atoms with E-state index in [1.807, 2.05) is 13.0 Å². The van der Waals surface area contributed by atoms with Crippen molar-refractivity contribution in [3.05, 3.63) is 52.3 Å². The Morgan fingerprint density at radius 2 is 1.90 bits per heavy atom. The van der Waals surface area contributed by atoms with Crippen LogP contribution >= 0.6 is 15.9 Å². The highest BCUT2D eigenvalue weighted by Gasteiger charge is 2.17. The average Bonchev–Trinajstić information content (AvgIpc) is 2.36. The van der Waals surface area contributed by atoms with E-state index in [-0.39, 0.29) is 10.6 Å². The maximum absolute atomic E-state index is 13.4. The van der Waals surface area contributed by atoms with E-state index in [9.17, 15) is 12.8 Å². The maximum Gasteiger partial charge on any atom is 0.262 e. The number of nitrogen functional groups attached to an aromatic ring is 1. The van der Waals surface area contributed by atoms with Crippen molar-refractivity contribution in [1.29, 1.82) is 0 Å². The monoisotopic (exact) mass is 358 g/mol. The summed E-state index contributed by atoms with van der Waals surface area (Å²) in [7, 11) is -3.87. The first-order valence-corrected chi connectivity index (χ1v) is 7.91. The van der Waals surface area contributed by atoms with Gasteiger partial charge in [-0.1, -0.05) is 6.07 Å². The van der Waals surface area contributed by atoms with Crippen LogP contribution in [0.2, 0.25) is 0 Å². The lowest BCUT2D eigenvalue weighted by molar-refractivity contribution is 0.596. The van der Waals surface area contributed by atoms with E-state index in [0.29, 0.717) is 10.2 Å². The quantitative estimate of drug-likeness (QED) is 0.827. The van der Waals surface area contributed by atoms with Crippen molar-refractivity contribution in [2.24, 2.45) is 0 Å². The standard InChI is InChI=1S/C13H12BrFN2O2S/c1-8-2-4-10(14)13(6-8)17-20(18,19)9-3-5-12(16)11(15)7-9/h2-7,17H,16H2,1H3. The van der Waals surface area contributed by atoms with Crippen molar-refractivity contribution in [1.82, 2.24) is 0 Å². The molecule has 0 saturated carbocycles. The lowest BCUT2D eigenvalue weighted by atomic mass is 10.2. The van der Waals surface area contributed by atoms with Crippen molar-refractivity contribution in [3.8, 4) is 0 Å². The van der Waals surface area contributed by atoms with Gasteiger partial charge in [0.1, 0.15) is 5.82 Å². The Hall–Kier alpha value is -1.60. The van der Waals surface area contributed by atoms with Gasteiger partial charge >= 0.3 is 0 Å². The fourth-order valence-corrected chi connectivity index (χ4v) is 3.16. The third-order valence-electron chi connectivity index (χ3n) is 2.65. The van der Waals surface area contributed by atoms with Gasteiger partial charge in [-0.15, -0.1) is 0 Å². The van der Waals surface area contributed by atoms with Gasteiger partial charge in [0.15, 0.2) is 0 Å². The number of hydrogen-bond donors (Lipinski definition) is 2. The van der Waals surface area contributed by atoms with Gasteiger partial charge in [0.2, 0.25) is 0 Å². The molecule has 0 aromatic heterocycles. The summed E-state index contributed by atoms with van der Waals surface area (Å²) in [5, 5.41) is 0. The van der Waals surface area contributed by atoms with Crippen LogP contribution in [0.15, 0.2) is 45.8 Å². The topological polar surface area (TPSA) is 72.2 Å². The van der Waals surface area contributed by atoms with Gasteiger partial charge in [-0.05, 0) is 58.7 Å². The SMILES string of the molecule is Cc1ccc(Br)c(NS(=O)(=O)c2ccc(N)c(F)c2)c1. The second-order valence-electron chi connectivity index (χ2n) is 4.27. The van der Waals surface area contributed by atoms with Gasteiger partial charge < -0.3 is 5.73 Å². The number of halogens is 2. The summed E-state index contributed by atoms with van der Waals surface area (Å²) in [5.41, 5.74) is 6.52. The van der Waals surface area contributed by atoms with Crippen LogP contribution < -0.4 is 10.5 Å². The maximum atomic E-state index is 13.4. The summed E-state index contributed by atoms with van der Waals surface area (Å²) in [4.78, 5) is -0.183. The number of rotatable bonds is 3. The first-order chi connectivity index (χ1) is 9.29. The van der Waals surface area contributed by atoms with Crippen molar-refractivity contribution in [2.45, 2.75) is 11.8 Å².